The van der Waals surface area contributed by atoms with E-state index in [4.69, 9.17) is 15.6 Å². The van der Waals surface area contributed by atoms with Crippen molar-refractivity contribution in [2.75, 3.05) is 32.8 Å². The zero-order chi connectivity index (χ0) is 13.7. The van der Waals surface area contributed by atoms with Crippen molar-refractivity contribution in [2.24, 2.45) is 5.73 Å². The first-order valence-electron chi connectivity index (χ1n) is 6.52. The zero-order valence-corrected chi connectivity index (χ0v) is 10.9. The molecule has 3 N–H and O–H groups in total. The Morgan fingerprint density at radius 2 is 2.16 bits per heavy atom. The molecule has 0 spiro atoms. The number of morpholine rings is 1. The van der Waals surface area contributed by atoms with Gasteiger partial charge in [0, 0.05) is 26.2 Å². The van der Waals surface area contributed by atoms with Crippen LogP contribution in [-0.2, 0) is 16.1 Å². The molecule has 1 fully saturated rings. The second-order valence-corrected chi connectivity index (χ2v) is 4.76. The third-order valence-electron chi connectivity index (χ3n) is 3.40. The van der Waals surface area contributed by atoms with E-state index >= 15 is 0 Å². The van der Waals surface area contributed by atoms with Crippen LogP contribution in [0.2, 0.25) is 0 Å². The normalized spacial score (nSPS) is 18.2. The highest BCUT2D eigenvalue weighted by molar-refractivity contribution is 5.76. The Morgan fingerprint density at radius 1 is 1.42 bits per heavy atom. The highest BCUT2D eigenvalue weighted by atomic mass is 16.5. The predicted octanol–water partition coefficient (Wildman–Crippen LogP) is 0.646. The van der Waals surface area contributed by atoms with Crippen molar-refractivity contribution in [3.05, 3.63) is 35.4 Å². The molecule has 0 radical (unpaired) electrons. The smallest absolute Gasteiger partial charge is 0.312 e. The lowest BCUT2D eigenvalue weighted by atomic mass is 9.97. The largest absolute Gasteiger partial charge is 0.481 e. The van der Waals surface area contributed by atoms with Crippen LogP contribution in [0, 0.1) is 0 Å². The lowest BCUT2D eigenvalue weighted by molar-refractivity contribution is -0.138. The fraction of sp³-hybridized carbons (Fsp3) is 0.500. The molecule has 0 aromatic heterocycles. The highest BCUT2D eigenvalue weighted by Gasteiger charge is 2.18. The zero-order valence-electron chi connectivity index (χ0n) is 10.9. The van der Waals surface area contributed by atoms with Gasteiger partial charge in [0.25, 0.3) is 0 Å². The third kappa shape index (κ3) is 3.76. The van der Waals surface area contributed by atoms with Crippen LogP contribution in [-0.4, -0.2) is 48.8 Å². The summed E-state index contributed by atoms with van der Waals surface area (Å²) >= 11 is 0. The van der Waals surface area contributed by atoms with E-state index in [1.165, 1.54) is 0 Å². The van der Waals surface area contributed by atoms with Crippen molar-refractivity contribution >= 4 is 5.97 Å². The number of carboxylic acid groups (broad SMARTS) is 1. The van der Waals surface area contributed by atoms with E-state index in [0.29, 0.717) is 0 Å². The van der Waals surface area contributed by atoms with Crippen LogP contribution in [0.1, 0.15) is 17.0 Å². The molecule has 104 valence electrons. The topological polar surface area (TPSA) is 75.8 Å². The molecule has 1 aliphatic heterocycles. The number of nitrogens with two attached hydrogens (primary N) is 1. The van der Waals surface area contributed by atoms with E-state index < -0.39 is 11.9 Å². The van der Waals surface area contributed by atoms with Gasteiger partial charge in [0.15, 0.2) is 0 Å². The lowest BCUT2D eigenvalue weighted by Gasteiger charge is -2.26. The van der Waals surface area contributed by atoms with Gasteiger partial charge in [0.2, 0.25) is 0 Å². The summed E-state index contributed by atoms with van der Waals surface area (Å²) in [7, 11) is 0. The number of nitrogens with zero attached hydrogens (tertiary/aromatic N) is 1. The molecule has 0 saturated carbocycles. The molecule has 0 aliphatic carbocycles. The van der Waals surface area contributed by atoms with Crippen molar-refractivity contribution in [3.63, 3.8) is 0 Å². The Labute approximate surface area is 113 Å². The third-order valence-corrected chi connectivity index (χ3v) is 3.40. The fourth-order valence-corrected chi connectivity index (χ4v) is 2.31. The average molecular weight is 264 g/mol. The maximum atomic E-state index is 11.1. The summed E-state index contributed by atoms with van der Waals surface area (Å²) in [5.74, 6) is -1.49. The minimum atomic E-state index is -0.869. The summed E-state index contributed by atoms with van der Waals surface area (Å²) in [6.45, 7) is 4.32. The van der Waals surface area contributed by atoms with Crippen molar-refractivity contribution in [1.82, 2.24) is 4.90 Å². The number of ether oxygens (including phenoxy) is 1. The molecule has 0 amide bonds. The van der Waals surface area contributed by atoms with Gasteiger partial charge in [-0.2, -0.15) is 0 Å². The van der Waals surface area contributed by atoms with E-state index in [9.17, 15) is 4.79 Å². The lowest BCUT2D eigenvalue weighted by Crippen LogP contribution is -2.35. The standard InChI is InChI=1S/C14H20N2O3/c15-9-13(14(17)18)12-3-1-2-11(8-12)10-16-4-6-19-7-5-16/h1-3,8,13H,4-7,9-10,15H2,(H,17,18). The van der Waals surface area contributed by atoms with Gasteiger partial charge in [-0.25, -0.2) is 0 Å². The van der Waals surface area contributed by atoms with Crippen LogP contribution < -0.4 is 5.73 Å². The Hall–Kier alpha value is -1.43. The second-order valence-electron chi connectivity index (χ2n) is 4.76. The van der Waals surface area contributed by atoms with Gasteiger partial charge in [-0.1, -0.05) is 24.3 Å². The van der Waals surface area contributed by atoms with Crippen molar-refractivity contribution in [3.8, 4) is 0 Å². The summed E-state index contributed by atoms with van der Waals surface area (Å²) in [4.78, 5) is 13.4. The first-order chi connectivity index (χ1) is 9.20. The second kappa shape index (κ2) is 6.65. The molecule has 1 saturated heterocycles. The summed E-state index contributed by atoms with van der Waals surface area (Å²) in [6.07, 6.45) is 0. The monoisotopic (exact) mass is 264 g/mol. The molecule has 5 nitrogen and oxygen atoms in total. The maximum Gasteiger partial charge on any atom is 0.312 e. The van der Waals surface area contributed by atoms with Gasteiger partial charge in [0.1, 0.15) is 0 Å². The Kier molecular flexibility index (Phi) is 4.90. The van der Waals surface area contributed by atoms with Crippen LogP contribution >= 0.6 is 0 Å². The predicted molar refractivity (Wildman–Crippen MR) is 72.0 cm³/mol. The molecule has 5 heteroatoms. The van der Waals surface area contributed by atoms with Gasteiger partial charge in [-0.05, 0) is 11.1 Å². The van der Waals surface area contributed by atoms with Crippen molar-refractivity contribution in [2.45, 2.75) is 12.5 Å². The number of rotatable bonds is 5. The van der Waals surface area contributed by atoms with E-state index in [1.54, 1.807) is 0 Å². The first kappa shape index (κ1) is 14.0. The summed E-state index contributed by atoms with van der Waals surface area (Å²) in [6, 6.07) is 7.70. The molecule has 1 unspecified atom stereocenters. The molecule has 1 aromatic carbocycles. The van der Waals surface area contributed by atoms with E-state index in [-0.39, 0.29) is 6.54 Å². The number of hydrogen-bond donors (Lipinski definition) is 2. The molecule has 1 atom stereocenters. The van der Waals surface area contributed by atoms with Gasteiger partial charge < -0.3 is 15.6 Å². The van der Waals surface area contributed by atoms with Crippen LogP contribution in [0.25, 0.3) is 0 Å². The highest BCUT2D eigenvalue weighted by Crippen LogP contribution is 2.18. The van der Waals surface area contributed by atoms with Crippen LogP contribution in [0.3, 0.4) is 0 Å². The molecular weight excluding hydrogens is 244 g/mol. The van der Waals surface area contributed by atoms with Crippen LogP contribution in [0.5, 0.6) is 0 Å². The molecule has 0 bridgehead atoms. The first-order valence-corrected chi connectivity index (χ1v) is 6.52. The Bertz CT molecular complexity index is 430. The van der Waals surface area contributed by atoms with E-state index in [1.807, 2.05) is 24.3 Å². The molecule has 2 rings (SSSR count). The minimum absolute atomic E-state index is 0.121. The van der Waals surface area contributed by atoms with Crippen molar-refractivity contribution < 1.29 is 14.6 Å². The number of carbonyl (C=O) groups is 1. The van der Waals surface area contributed by atoms with Gasteiger partial charge >= 0.3 is 5.97 Å². The van der Waals surface area contributed by atoms with E-state index in [2.05, 4.69) is 4.90 Å². The van der Waals surface area contributed by atoms with Crippen LogP contribution in [0.15, 0.2) is 24.3 Å². The average Bonchev–Trinajstić information content (AvgIpc) is 2.41. The van der Waals surface area contributed by atoms with Gasteiger partial charge in [0.05, 0.1) is 19.1 Å². The Morgan fingerprint density at radius 3 is 2.79 bits per heavy atom. The number of hydrogen-bond acceptors (Lipinski definition) is 4. The SMILES string of the molecule is NCC(C(=O)O)c1cccc(CN2CCOCC2)c1. The summed E-state index contributed by atoms with van der Waals surface area (Å²) in [5, 5.41) is 9.13. The van der Waals surface area contributed by atoms with Gasteiger partial charge in [-0.3, -0.25) is 9.69 Å². The fourth-order valence-electron chi connectivity index (χ4n) is 2.31. The van der Waals surface area contributed by atoms with Crippen molar-refractivity contribution in [1.29, 1.82) is 0 Å². The molecule has 19 heavy (non-hydrogen) atoms. The van der Waals surface area contributed by atoms with E-state index in [0.717, 1.165) is 44.0 Å². The van der Waals surface area contributed by atoms with Gasteiger partial charge in [-0.15, -0.1) is 0 Å². The molecule has 1 heterocycles. The number of aliphatic carboxylic acids is 1. The molecule has 1 aromatic rings. The molecule has 1 aliphatic rings. The summed E-state index contributed by atoms with van der Waals surface area (Å²) in [5.41, 5.74) is 7.43. The Balaban J connectivity index is 2.07. The maximum absolute atomic E-state index is 11.1. The number of benzene rings is 1. The summed E-state index contributed by atoms with van der Waals surface area (Å²) < 4.78 is 5.31. The molecular formula is C14H20N2O3. The van der Waals surface area contributed by atoms with Crippen LogP contribution in [0.4, 0.5) is 0 Å². The minimum Gasteiger partial charge on any atom is -0.481 e. The number of carboxylic acids is 1. The quantitative estimate of drug-likeness (QED) is 0.816.